The standard InChI is InChI=1S/C8H7BrN2O/c9-5-2-1-3-6-8(5)7(4-12)11-10-6/h1-3,12H,4H2,(H,10,11). The first-order valence-corrected chi connectivity index (χ1v) is 4.34. The lowest BCUT2D eigenvalue weighted by Crippen LogP contribution is -1.83. The third kappa shape index (κ3) is 1.04. The molecular formula is C8H7BrN2O. The van der Waals surface area contributed by atoms with Gasteiger partial charge in [0.1, 0.15) is 0 Å². The summed E-state index contributed by atoms with van der Waals surface area (Å²) < 4.78 is 0.956. The molecule has 0 unspecified atom stereocenters. The van der Waals surface area contributed by atoms with Crippen LogP contribution in [0, 0.1) is 0 Å². The van der Waals surface area contributed by atoms with Gasteiger partial charge in [-0.05, 0) is 12.1 Å². The Kier molecular flexibility index (Phi) is 1.86. The topological polar surface area (TPSA) is 48.9 Å². The van der Waals surface area contributed by atoms with Gasteiger partial charge in [-0.3, -0.25) is 5.10 Å². The summed E-state index contributed by atoms with van der Waals surface area (Å²) in [4.78, 5) is 0. The molecule has 3 nitrogen and oxygen atoms in total. The molecule has 0 saturated carbocycles. The highest BCUT2D eigenvalue weighted by Crippen LogP contribution is 2.24. The molecule has 0 spiro atoms. The quantitative estimate of drug-likeness (QED) is 0.780. The molecule has 1 heterocycles. The molecule has 0 saturated heterocycles. The predicted molar refractivity (Wildman–Crippen MR) is 49.7 cm³/mol. The van der Waals surface area contributed by atoms with E-state index in [4.69, 9.17) is 5.11 Å². The van der Waals surface area contributed by atoms with E-state index in [-0.39, 0.29) is 6.61 Å². The first-order chi connectivity index (χ1) is 5.83. The minimum absolute atomic E-state index is 0.0148. The second-order valence-electron chi connectivity index (χ2n) is 2.49. The van der Waals surface area contributed by atoms with Crippen LogP contribution in [0.25, 0.3) is 10.9 Å². The summed E-state index contributed by atoms with van der Waals surface area (Å²) >= 11 is 3.40. The van der Waals surface area contributed by atoms with Crippen molar-refractivity contribution in [3.05, 3.63) is 28.4 Å². The lowest BCUT2D eigenvalue weighted by Gasteiger charge is -1.94. The number of aliphatic hydroxyl groups excluding tert-OH is 1. The Morgan fingerprint density at radius 3 is 3.08 bits per heavy atom. The number of H-pyrrole nitrogens is 1. The fourth-order valence-corrected chi connectivity index (χ4v) is 1.80. The van der Waals surface area contributed by atoms with Crippen LogP contribution in [0.5, 0.6) is 0 Å². The monoisotopic (exact) mass is 226 g/mol. The van der Waals surface area contributed by atoms with Crippen LogP contribution in [-0.4, -0.2) is 15.3 Å². The van der Waals surface area contributed by atoms with Crippen LogP contribution in [0.15, 0.2) is 22.7 Å². The lowest BCUT2D eigenvalue weighted by atomic mass is 10.2. The third-order valence-electron chi connectivity index (χ3n) is 1.76. The Labute approximate surface area is 77.5 Å². The van der Waals surface area contributed by atoms with E-state index in [9.17, 15) is 0 Å². The molecule has 2 rings (SSSR count). The molecule has 0 atom stereocenters. The van der Waals surface area contributed by atoms with E-state index >= 15 is 0 Å². The van der Waals surface area contributed by atoms with Crippen LogP contribution in [0.1, 0.15) is 5.69 Å². The average Bonchev–Trinajstić information content (AvgIpc) is 2.49. The normalized spacial score (nSPS) is 10.8. The summed E-state index contributed by atoms with van der Waals surface area (Å²) in [7, 11) is 0. The molecule has 0 aliphatic heterocycles. The minimum Gasteiger partial charge on any atom is -0.390 e. The SMILES string of the molecule is OCc1[nH]nc2cccc(Br)c12. The fourth-order valence-electron chi connectivity index (χ4n) is 1.20. The number of hydrogen-bond acceptors (Lipinski definition) is 2. The van der Waals surface area contributed by atoms with Crippen LogP contribution in [0.3, 0.4) is 0 Å². The molecule has 0 fully saturated rings. The zero-order valence-corrected chi connectivity index (χ0v) is 7.80. The zero-order chi connectivity index (χ0) is 8.55. The van der Waals surface area contributed by atoms with Crippen molar-refractivity contribution in [3.8, 4) is 0 Å². The van der Waals surface area contributed by atoms with Gasteiger partial charge in [0.05, 0.1) is 17.8 Å². The summed E-state index contributed by atoms with van der Waals surface area (Å²) in [5, 5.41) is 16.7. The number of aromatic nitrogens is 2. The number of nitrogens with zero attached hydrogens (tertiary/aromatic N) is 1. The molecule has 12 heavy (non-hydrogen) atoms. The van der Waals surface area contributed by atoms with Crippen molar-refractivity contribution < 1.29 is 5.11 Å². The smallest absolute Gasteiger partial charge is 0.0936 e. The number of benzene rings is 1. The highest BCUT2D eigenvalue weighted by molar-refractivity contribution is 9.10. The largest absolute Gasteiger partial charge is 0.390 e. The third-order valence-corrected chi connectivity index (χ3v) is 2.42. The maximum Gasteiger partial charge on any atom is 0.0936 e. The van der Waals surface area contributed by atoms with Gasteiger partial charge in [-0.15, -0.1) is 0 Å². The molecule has 1 aromatic carbocycles. The van der Waals surface area contributed by atoms with E-state index in [0.29, 0.717) is 0 Å². The van der Waals surface area contributed by atoms with Gasteiger partial charge in [0.2, 0.25) is 0 Å². The van der Waals surface area contributed by atoms with E-state index in [1.807, 2.05) is 18.2 Å². The van der Waals surface area contributed by atoms with Gasteiger partial charge in [-0.25, -0.2) is 0 Å². The molecule has 0 aliphatic carbocycles. The number of fused-ring (bicyclic) bond motifs is 1. The van der Waals surface area contributed by atoms with E-state index in [1.165, 1.54) is 0 Å². The summed E-state index contributed by atoms with van der Waals surface area (Å²) in [6.07, 6.45) is 0. The van der Waals surface area contributed by atoms with Crippen LogP contribution in [0.2, 0.25) is 0 Å². The molecule has 62 valence electrons. The predicted octanol–water partition coefficient (Wildman–Crippen LogP) is 1.82. The number of aliphatic hydroxyl groups is 1. The number of hydrogen-bond donors (Lipinski definition) is 2. The van der Waals surface area contributed by atoms with Crippen molar-refractivity contribution >= 4 is 26.8 Å². The second kappa shape index (κ2) is 2.88. The van der Waals surface area contributed by atoms with E-state index in [2.05, 4.69) is 26.1 Å². The number of nitrogens with one attached hydrogen (secondary N) is 1. The highest BCUT2D eigenvalue weighted by atomic mass is 79.9. The van der Waals surface area contributed by atoms with Gasteiger partial charge >= 0.3 is 0 Å². The average molecular weight is 227 g/mol. The first kappa shape index (κ1) is 7.76. The highest BCUT2D eigenvalue weighted by Gasteiger charge is 2.06. The van der Waals surface area contributed by atoms with Crippen LogP contribution >= 0.6 is 15.9 Å². The molecule has 2 N–H and O–H groups in total. The van der Waals surface area contributed by atoms with E-state index < -0.39 is 0 Å². The van der Waals surface area contributed by atoms with Gasteiger partial charge < -0.3 is 5.11 Å². The van der Waals surface area contributed by atoms with Crippen molar-refractivity contribution in [3.63, 3.8) is 0 Å². The van der Waals surface area contributed by atoms with Gasteiger partial charge in [0.25, 0.3) is 0 Å². The first-order valence-electron chi connectivity index (χ1n) is 3.55. The maximum atomic E-state index is 8.96. The van der Waals surface area contributed by atoms with Crippen LogP contribution in [0.4, 0.5) is 0 Å². The Morgan fingerprint density at radius 1 is 1.50 bits per heavy atom. The molecule has 0 aliphatic rings. The maximum absolute atomic E-state index is 8.96. The van der Waals surface area contributed by atoms with Crippen LogP contribution in [-0.2, 0) is 6.61 Å². The number of rotatable bonds is 1. The number of halogens is 1. The van der Waals surface area contributed by atoms with Crippen molar-refractivity contribution in [2.45, 2.75) is 6.61 Å². The Hall–Kier alpha value is -0.870. The molecule has 0 radical (unpaired) electrons. The summed E-state index contributed by atoms with van der Waals surface area (Å²) in [5.74, 6) is 0. The van der Waals surface area contributed by atoms with Crippen molar-refractivity contribution in [1.82, 2.24) is 10.2 Å². The van der Waals surface area contributed by atoms with Crippen molar-refractivity contribution in [2.75, 3.05) is 0 Å². The van der Waals surface area contributed by atoms with Gasteiger partial charge in [0, 0.05) is 9.86 Å². The minimum atomic E-state index is -0.0148. The molecule has 2 aromatic rings. The number of aromatic amines is 1. The molecular weight excluding hydrogens is 220 g/mol. The summed E-state index contributed by atoms with van der Waals surface area (Å²) in [5.41, 5.74) is 1.62. The fraction of sp³-hybridized carbons (Fsp3) is 0.125. The molecule has 1 aromatic heterocycles. The van der Waals surface area contributed by atoms with E-state index in [0.717, 1.165) is 21.1 Å². The lowest BCUT2D eigenvalue weighted by molar-refractivity contribution is 0.278. The summed E-state index contributed by atoms with van der Waals surface area (Å²) in [6.45, 7) is -0.0148. The Morgan fingerprint density at radius 2 is 2.33 bits per heavy atom. The van der Waals surface area contributed by atoms with Gasteiger partial charge in [-0.2, -0.15) is 5.10 Å². The summed E-state index contributed by atoms with van der Waals surface area (Å²) in [6, 6.07) is 5.74. The molecule has 0 amide bonds. The molecule has 0 bridgehead atoms. The van der Waals surface area contributed by atoms with Crippen molar-refractivity contribution in [1.29, 1.82) is 0 Å². The van der Waals surface area contributed by atoms with Gasteiger partial charge in [-0.1, -0.05) is 22.0 Å². The Bertz CT molecular complexity index is 410. The van der Waals surface area contributed by atoms with Crippen LogP contribution < -0.4 is 0 Å². The second-order valence-corrected chi connectivity index (χ2v) is 3.35. The Balaban J connectivity index is 2.83. The van der Waals surface area contributed by atoms with Crippen molar-refractivity contribution in [2.24, 2.45) is 0 Å². The van der Waals surface area contributed by atoms with E-state index in [1.54, 1.807) is 0 Å². The zero-order valence-electron chi connectivity index (χ0n) is 6.21. The van der Waals surface area contributed by atoms with Gasteiger partial charge in [0.15, 0.2) is 0 Å². The molecule has 4 heteroatoms.